The van der Waals surface area contributed by atoms with Crippen molar-refractivity contribution < 1.29 is 13.9 Å². The lowest BCUT2D eigenvalue weighted by Crippen LogP contribution is -2.55. The zero-order valence-electron chi connectivity index (χ0n) is 16.1. The molecule has 2 aromatic rings. The van der Waals surface area contributed by atoms with Gasteiger partial charge in [-0.2, -0.15) is 0 Å². The number of anilines is 1. The summed E-state index contributed by atoms with van der Waals surface area (Å²) in [5.41, 5.74) is 1.33. The molecule has 2 saturated heterocycles. The number of likely N-dealkylation sites (tertiary alicyclic amines) is 1. The van der Waals surface area contributed by atoms with E-state index in [0.717, 1.165) is 50.3 Å². The van der Waals surface area contributed by atoms with Gasteiger partial charge in [-0.3, -0.25) is 9.69 Å². The third-order valence-electron chi connectivity index (χ3n) is 5.60. The number of amides is 1. The Morgan fingerprint density at radius 3 is 2.82 bits per heavy atom. The van der Waals surface area contributed by atoms with Crippen molar-refractivity contribution in [3.05, 3.63) is 53.9 Å². The second-order valence-corrected chi connectivity index (χ2v) is 7.70. The van der Waals surface area contributed by atoms with Crippen LogP contribution in [0.15, 0.2) is 36.7 Å². The molecule has 2 aliphatic heterocycles. The van der Waals surface area contributed by atoms with Crippen molar-refractivity contribution in [2.75, 3.05) is 31.1 Å². The monoisotopic (exact) mass is 384 g/mol. The maximum atomic E-state index is 13.6. The number of benzene rings is 1. The molecule has 1 unspecified atom stereocenters. The molecule has 0 radical (unpaired) electrons. The van der Waals surface area contributed by atoms with Gasteiger partial charge >= 0.3 is 0 Å². The predicted octanol–water partition coefficient (Wildman–Crippen LogP) is 2.71. The number of carbonyl (C=O) groups is 1. The number of hydrogen-bond donors (Lipinski definition) is 0. The minimum Gasteiger partial charge on any atom is -0.363 e. The Kier molecular flexibility index (Phi) is 5.37. The lowest BCUT2D eigenvalue weighted by Gasteiger charge is -2.42. The van der Waals surface area contributed by atoms with E-state index in [9.17, 15) is 9.18 Å². The van der Waals surface area contributed by atoms with Crippen molar-refractivity contribution in [2.24, 2.45) is 0 Å². The highest BCUT2D eigenvalue weighted by Gasteiger charge is 2.41. The van der Waals surface area contributed by atoms with Crippen LogP contribution in [0.2, 0.25) is 0 Å². The Morgan fingerprint density at radius 2 is 2.04 bits per heavy atom. The lowest BCUT2D eigenvalue weighted by molar-refractivity contribution is -0.140. The maximum Gasteiger partial charge on any atom is 0.253 e. The van der Waals surface area contributed by atoms with Gasteiger partial charge in [0.05, 0.1) is 12.1 Å². The first-order chi connectivity index (χ1) is 13.5. The van der Waals surface area contributed by atoms with E-state index in [4.69, 9.17) is 4.74 Å². The summed E-state index contributed by atoms with van der Waals surface area (Å²) in [4.78, 5) is 25.0. The van der Waals surface area contributed by atoms with Gasteiger partial charge in [0.15, 0.2) is 0 Å². The zero-order chi connectivity index (χ0) is 19.6. The lowest BCUT2D eigenvalue weighted by atomic mass is 9.92. The molecular formula is C21H25FN4O2. The number of ether oxygens (including phenoxy) is 1. The summed E-state index contributed by atoms with van der Waals surface area (Å²) in [5, 5.41) is 0. The molecule has 1 aromatic carbocycles. The van der Waals surface area contributed by atoms with E-state index in [1.807, 2.05) is 19.3 Å². The minimum absolute atomic E-state index is 0.0440. The number of hydrogen-bond acceptors (Lipinski definition) is 5. The second-order valence-electron chi connectivity index (χ2n) is 7.70. The van der Waals surface area contributed by atoms with Crippen molar-refractivity contribution >= 4 is 11.6 Å². The van der Waals surface area contributed by atoms with Crippen LogP contribution in [0.5, 0.6) is 0 Å². The summed E-state index contributed by atoms with van der Waals surface area (Å²) in [6.07, 6.45) is 6.46. The molecule has 28 heavy (non-hydrogen) atoms. The maximum absolute atomic E-state index is 13.6. The largest absolute Gasteiger partial charge is 0.363 e. The van der Waals surface area contributed by atoms with Crippen LogP contribution in [0.1, 0.15) is 30.7 Å². The smallest absolute Gasteiger partial charge is 0.253 e. The van der Waals surface area contributed by atoms with Gasteiger partial charge in [0.1, 0.15) is 18.2 Å². The third-order valence-corrected chi connectivity index (χ3v) is 5.60. The standard InChI is InChI=1S/C21H25FN4O2/c1-16-23-11-17(12-24-16)13-25-8-3-6-21(7-9-25)15-26(20(27)14-28-21)19-5-2-4-18(22)10-19/h2,4-5,10-12H,3,6-9,13-15H2,1H3. The molecule has 2 aliphatic rings. The van der Waals surface area contributed by atoms with Gasteiger partial charge in [0.25, 0.3) is 5.91 Å². The molecule has 4 rings (SSSR count). The molecule has 0 saturated carbocycles. The van der Waals surface area contributed by atoms with Gasteiger partial charge in [0, 0.05) is 36.7 Å². The van der Waals surface area contributed by atoms with E-state index in [1.165, 1.54) is 12.1 Å². The number of rotatable bonds is 3. The van der Waals surface area contributed by atoms with Crippen molar-refractivity contribution in [2.45, 2.75) is 38.3 Å². The summed E-state index contributed by atoms with van der Waals surface area (Å²) in [6, 6.07) is 6.22. The highest BCUT2D eigenvalue weighted by molar-refractivity contribution is 5.95. The molecule has 0 bridgehead atoms. The summed E-state index contributed by atoms with van der Waals surface area (Å²) < 4.78 is 19.7. The summed E-state index contributed by atoms with van der Waals surface area (Å²) in [6.45, 7) is 5.04. The number of morpholine rings is 1. The van der Waals surface area contributed by atoms with Crippen molar-refractivity contribution in [1.29, 1.82) is 0 Å². The summed E-state index contributed by atoms with van der Waals surface area (Å²) in [7, 11) is 0. The van der Waals surface area contributed by atoms with E-state index >= 15 is 0 Å². The molecule has 1 atom stereocenters. The van der Waals surface area contributed by atoms with Crippen LogP contribution in [0.4, 0.5) is 10.1 Å². The fraction of sp³-hybridized carbons (Fsp3) is 0.476. The van der Waals surface area contributed by atoms with Gasteiger partial charge < -0.3 is 9.64 Å². The fourth-order valence-corrected chi connectivity index (χ4v) is 4.04. The highest BCUT2D eigenvalue weighted by atomic mass is 19.1. The quantitative estimate of drug-likeness (QED) is 0.814. The van der Waals surface area contributed by atoms with Crippen LogP contribution in [-0.4, -0.2) is 52.6 Å². The zero-order valence-corrected chi connectivity index (χ0v) is 16.1. The first-order valence-electron chi connectivity index (χ1n) is 9.73. The Labute approximate surface area is 164 Å². The van der Waals surface area contributed by atoms with E-state index in [2.05, 4.69) is 14.9 Å². The first kappa shape index (κ1) is 19.0. The second kappa shape index (κ2) is 7.93. The molecule has 1 amide bonds. The molecule has 148 valence electrons. The summed E-state index contributed by atoms with van der Waals surface area (Å²) in [5.74, 6) is 0.323. The Hall–Kier alpha value is -2.38. The molecule has 1 spiro atoms. The topological polar surface area (TPSA) is 58.6 Å². The molecule has 2 fully saturated rings. The van der Waals surface area contributed by atoms with Gasteiger partial charge in [0.2, 0.25) is 0 Å². The van der Waals surface area contributed by atoms with Crippen LogP contribution >= 0.6 is 0 Å². The van der Waals surface area contributed by atoms with Gasteiger partial charge in [-0.25, -0.2) is 14.4 Å². The number of nitrogens with zero attached hydrogens (tertiary/aromatic N) is 4. The molecule has 6 nitrogen and oxygen atoms in total. The van der Waals surface area contributed by atoms with E-state index in [0.29, 0.717) is 12.2 Å². The number of aryl methyl sites for hydroxylation is 1. The molecule has 0 aliphatic carbocycles. The molecular weight excluding hydrogens is 359 g/mol. The molecule has 1 aromatic heterocycles. The Morgan fingerprint density at radius 1 is 1.21 bits per heavy atom. The van der Waals surface area contributed by atoms with E-state index < -0.39 is 0 Å². The van der Waals surface area contributed by atoms with Crippen LogP contribution < -0.4 is 4.90 Å². The third kappa shape index (κ3) is 4.20. The van der Waals surface area contributed by atoms with E-state index in [-0.39, 0.29) is 23.9 Å². The Bertz CT molecular complexity index is 845. The Balaban J connectivity index is 1.44. The van der Waals surface area contributed by atoms with Crippen LogP contribution in [0.25, 0.3) is 0 Å². The highest BCUT2D eigenvalue weighted by Crippen LogP contribution is 2.33. The minimum atomic E-state index is -0.376. The van der Waals surface area contributed by atoms with Crippen LogP contribution in [-0.2, 0) is 16.1 Å². The number of halogens is 1. The van der Waals surface area contributed by atoms with Crippen molar-refractivity contribution in [1.82, 2.24) is 14.9 Å². The summed E-state index contributed by atoms with van der Waals surface area (Å²) >= 11 is 0. The van der Waals surface area contributed by atoms with E-state index in [1.54, 1.807) is 17.0 Å². The normalized spacial score (nSPS) is 23.8. The number of aromatic nitrogens is 2. The first-order valence-corrected chi connectivity index (χ1v) is 9.73. The SMILES string of the molecule is Cc1ncc(CN2CCCC3(CC2)CN(c2cccc(F)c2)C(=O)CO3)cn1. The van der Waals surface area contributed by atoms with Gasteiger partial charge in [-0.15, -0.1) is 0 Å². The van der Waals surface area contributed by atoms with Crippen molar-refractivity contribution in [3.63, 3.8) is 0 Å². The van der Waals surface area contributed by atoms with Crippen LogP contribution in [0.3, 0.4) is 0 Å². The average Bonchev–Trinajstić information content (AvgIpc) is 2.88. The fourth-order valence-electron chi connectivity index (χ4n) is 4.04. The average molecular weight is 384 g/mol. The molecule has 0 N–H and O–H groups in total. The number of carbonyl (C=O) groups excluding carboxylic acids is 1. The van der Waals surface area contributed by atoms with Crippen LogP contribution in [0, 0.1) is 12.7 Å². The predicted molar refractivity (Wildman–Crippen MR) is 103 cm³/mol. The van der Waals surface area contributed by atoms with Gasteiger partial charge in [-0.1, -0.05) is 6.07 Å². The van der Waals surface area contributed by atoms with Crippen molar-refractivity contribution in [3.8, 4) is 0 Å². The van der Waals surface area contributed by atoms with Gasteiger partial charge in [-0.05, 0) is 50.9 Å². The molecule has 3 heterocycles. The molecule has 7 heteroatoms.